The highest BCUT2D eigenvalue weighted by Gasteiger charge is 2.23. The lowest BCUT2D eigenvalue weighted by molar-refractivity contribution is 0.0186. The van der Waals surface area contributed by atoms with E-state index in [1.54, 1.807) is 0 Å². The number of halogens is 1. The Hall–Kier alpha value is -1.17. The molecule has 1 aliphatic rings. The molecule has 1 unspecified atom stereocenters. The molecule has 0 amide bonds. The molecular formula is C21H35IN6OS. The fraction of sp³-hybridized carbons (Fsp3) is 0.619. The minimum absolute atomic E-state index is 0. The van der Waals surface area contributed by atoms with Crippen molar-refractivity contribution in [3.05, 3.63) is 39.3 Å². The predicted molar refractivity (Wildman–Crippen MR) is 135 cm³/mol. The van der Waals surface area contributed by atoms with Crippen molar-refractivity contribution in [2.24, 2.45) is 12.0 Å². The number of aryl methyl sites for hydroxylation is 2. The largest absolute Gasteiger partial charge is 0.379 e. The van der Waals surface area contributed by atoms with Crippen molar-refractivity contribution in [2.75, 3.05) is 45.9 Å². The van der Waals surface area contributed by atoms with Crippen molar-refractivity contribution in [1.29, 1.82) is 0 Å². The first-order valence-corrected chi connectivity index (χ1v) is 11.3. The summed E-state index contributed by atoms with van der Waals surface area (Å²) in [4.78, 5) is 8.78. The van der Waals surface area contributed by atoms with Gasteiger partial charge in [-0.3, -0.25) is 14.6 Å². The predicted octanol–water partition coefficient (Wildman–Crippen LogP) is 2.89. The van der Waals surface area contributed by atoms with E-state index < -0.39 is 0 Å². The van der Waals surface area contributed by atoms with E-state index in [1.165, 1.54) is 16.1 Å². The number of morpholine rings is 1. The standard InChI is InChI=1S/C21H34N6OS.HI/c1-5-22-21(23-9-8-18-16(2)25-26(4)17(18)3)24-15-19(20-7-6-14-29-20)27-10-12-28-13-11-27;/h6-7,14,19H,5,8-13,15H2,1-4H3,(H2,22,23,24);1H. The number of aliphatic imine (C=N–C) groups is 1. The molecule has 0 spiro atoms. The van der Waals surface area contributed by atoms with Crippen LogP contribution < -0.4 is 10.6 Å². The first-order chi connectivity index (χ1) is 14.1. The summed E-state index contributed by atoms with van der Waals surface area (Å²) in [5.74, 6) is 0.876. The quantitative estimate of drug-likeness (QED) is 0.303. The minimum atomic E-state index is 0. The summed E-state index contributed by atoms with van der Waals surface area (Å²) in [6.45, 7) is 12.2. The van der Waals surface area contributed by atoms with Gasteiger partial charge in [-0.2, -0.15) is 5.10 Å². The fourth-order valence-electron chi connectivity index (χ4n) is 3.76. The van der Waals surface area contributed by atoms with Gasteiger partial charge in [-0.05, 0) is 44.2 Å². The second-order valence-corrected chi connectivity index (χ2v) is 8.33. The molecule has 1 saturated heterocycles. The monoisotopic (exact) mass is 546 g/mol. The summed E-state index contributed by atoms with van der Waals surface area (Å²) in [5.41, 5.74) is 3.66. The maximum Gasteiger partial charge on any atom is 0.191 e. The Bertz CT molecular complexity index is 786. The second-order valence-electron chi connectivity index (χ2n) is 7.35. The van der Waals surface area contributed by atoms with E-state index in [9.17, 15) is 0 Å². The van der Waals surface area contributed by atoms with E-state index in [0.29, 0.717) is 6.04 Å². The first kappa shape index (κ1) is 25.1. The molecule has 0 aromatic carbocycles. The van der Waals surface area contributed by atoms with Gasteiger partial charge in [0.25, 0.3) is 0 Å². The van der Waals surface area contributed by atoms with Gasteiger partial charge < -0.3 is 15.4 Å². The van der Waals surface area contributed by atoms with E-state index in [1.807, 2.05) is 23.1 Å². The zero-order valence-electron chi connectivity index (χ0n) is 18.5. The highest BCUT2D eigenvalue weighted by Crippen LogP contribution is 2.26. The summed E-state index contributed by atoms with van der Waals surface area (Å²) < 4.78 is 7.50. The summed E-state index contributed by atoms with van der Waals surface area (Å²) in [6, 6.07) is 4.64. The third-order valence-electron chi connectivity index (χ3n) is 5.45. The smallest absolute Gasteiger partial charge is 0.191 e. The topological polar surface area (TPSA) is 66.7 Å². The van der Waals surface area contributed by atoms with Gasteiger partial charge in [0, 0.05) is 43.8 Å². The Balaban J connectivity index is 0.00000320. The van der Waals surface area contributed by atoms with E-state index in [2.05, 4.69) is 58.9 Å². The van der Waals surface area contributed by atoms with E-state index in [4.69, 9.17) is 9.73 Å². The number of nitrogens with one attached hydrogen (secondary N) is 2. The highest BCUT2D eigenvalue weighted by molar-refractivity contribution is 14.0. The number of ether oxygens (including phenoxy) is 1. The van der Waals surface area contributed by atoms with Crippen LogP contribution in [-0.2, 0) is 18.2 Å². The van der Waals surface area contributed by atoms with Gasteiger partial charge >= 0.3 is 0 Å². The molecule has 7 nitrogen and oxygen atoms in total. The van der Waals surface area contributed by atoms with E-state index >= 15 is 0 Å². The first-order valence-electron chi connectivity index (χ1n) is 10.5. The van der Waals surface area contributed by atoms with Crippen LogP contribution in [0.5, 0.6) is 0 Å². The molecule has 168 valence electrons. The number of nitrogens with zero attached hydrogens (tertiary/aromatic N) is 4. The molecule has 3 heterocycles. The minimum Gasteiger partial charge on any atom is -0.379 e. The average molecular weight is 547 g/mol. The van der Waals surface area contributed by atoms with Crippen molar-refractivity contribution in [3.8, 4) is 0 Å². The Morgan fingerprint density at radius 3 is 2.67 bits per heavy atom. The van der Waals surface area contributed by atoms with Crippen molar-refractivity contribution in [1.82, 2.24) is 25.3 Å². The SMILES string of the molecule is CCNC(=NCC(c1cccs1)N1CCOCC1)NCCc1c(C)nn(C)c1C.I. The van der Waals surface area contributed by atoms with Crippen LogP contribution in [0.1, 0.15) is 34.8 Å². The number of rotatable bonds is 8. The van der Waals surface area contributed by atoms with Crippen LogP contribution in [-0.4, -0.2) is 66.6 Å². The Kier molecular flexibility index (Phi) is 10.6. The number of hydrogen-bond donors (Lipinski definition) is 2. The molecule has 1 fully saturated rings. The molecule has 0 saturated carbocycles. The Morgan fingerprint density at radius 2 is 2.07 bits per heavy atom. The van der Waals surface area contributed by atoms with Gasteiger partial charge in [0.1, 0.15) is 0 Å². The van der Waals surface area contributed by atoms with Crippen molar-refractivity contribution < 1.29 is 4.74 Å². The maximum atomic E-state index is 5.54. The third kappa shape index (κ3) is 6.66. The lowest BCUT2D eigenvalue weighted by atomic mass is 10.1. The molecule has 1 atom stereocenters. The third-order valence-corrected chi connectivity index (χ3v) is 6.42. The number of thiophene rings is 1. The number of hydrogen-bond acceptors (Lipinski definition) is 5. The van der Waals surface area contributed by atoms with Gasteiger partial charge in [-0.1, -0.05) is 6.07 Å². The summed E-state index contributed by atoms with van der Waals surface area (Å²) in [7, 11) is 2.00. The summed E-state index contributed by atoms with van der Waals surface area (Å²) in [6.07, 6.45) is 0.938. The molecule has 3 rings (SSSR count). The van der Waals surface area contributed by atoms with Crippen LogP contribution in [0.3, 0.4) is 0 Å². The molecular weight excluding hydrogens is 511 g/mol. The lowest BCUT2D eigenvalue weighted by Crippen LogP contribution is -2.42. The van der Waals surface area contributed by atoms with Crippen molar-refractivity contribution in [2.45, 2.75) is 33.2 Å². The summed E-state index contributed by atoms with van der Waals surface area (Å²) in [5, 5.41) is 13.5. The Morgan fingerprint density at radius 1 is 1.30 bits per heavy atom. The van der Waals surface area contributed by atoms with Crippen LogP contribution in [0.4, 0.5) is 0 Å². The van der Waals surface area contributed by atoms with Crippen molar-refractivity contribution in [3.63, 3.8) is 0 Å². The zero-order chi connectivity index (χ0) is 20.6. The van der Waals surface area contributed by atoms with Crippen LogP contribution in [0.15, 0.2) is 22.5 Å². The molecule has 2 aromatic rings. The molecule has 1 aliphatic heterocycles. The lowest BCUT2D eigenvalue weighted by Gasteiger charge is -2.33. The van der Waals surface area contributed by atoms with E-state index in [0.717, 1.165) is 64.0 Å². The number of aromatic nitrogens is 2. The maximum absolute atomic E-state index is 5.54. The zero-order valence-corrected chi connectivity index (χ0v) is 21.6. The molecule has 2 N–H and O–H groups in total. The van der Waals surface area contributed by atoms with Crippen LogP contribution in [0.25, 0.3) is 0 Å². The Labute approximate surface area is 201 Å². The average Bonchev–Trinajstić information content (AvgIpc) is 3.33. The van der Waals surface area contributed by atoms with Gasteiger partial charge in [0.05, 0.1) is 31.5 Å². The van der Waals surface area contributed by atoms with Gasteiger partial charge in [-0.25, -0.2) is 0 Å². The van der Waals surface area contributed by atoms with Gasteiger partial charge in [-0.15, -0.1) is 35.3 Å². The van der Waals surface area contributed by atoms with Crippen LogP contribution in [0, 0.1) is 13.8 Å². The molecule has 9 heteroatoms. The molecule has 2 aromatic heterocycles. The normalized spacial score (nSPS) is 16.2. The second kappa shape index (κ2) is 12.6. The van der Waals surface area contributed by atoms with E-state index in [-0.39, 0.29) is 24.0 Å². The number of guanidine groups is 1. The van der Waals surface area contributed by atoms with Crippen LogP contribution in [0.2, 0.25) is 0 Å². The molecule has 0 bridgehead atoms. The highest BCUT2D eigenvalue weighted by atomic mass is 127. The van der Waals surface area contributed by atoms with Crippen LogP contribution >= 0.6 is 35.3 Å². The molecule has 0 aliphatic carbocycles. The van der Waals surface area contributed by atoms with Crippen molar-refractivity contribution >= 4 is 41.3 Å². The molecule has 0 radical (unpaired) electrons. The van der Waals surface area contributed by atoms with Gasteiger partial charge in [0.2, 0.25) is 0 Å². The van der Waals surface area contributed by atoms with Gasteiger partial charge in [0.15, 0.2) is 5.96 Å². The molecule has 30 heavy (non-hydrogen) atoms. The summed E-state index contributed by atoms with van der Waals surface area (Å²) >= 11 is 1.81. The fourth-order valence-corrected chi connectivity index (χ4v) is 4.61.